The van der Waals surface area contributed by atoms with Crippen LogP contribution < -0.4 is 5.73 Å². The van der Waals surface area contributed by atoms with Gasteiger partial charge in [0, 0.05) is 11.3 Å². The number of carbonyl (C=O) groups is 1. The average molecular weight is 134 g/mol. The van der Waals surface area contributed by atoms with Gasteiger partial charge in [-0.15, -0.1) is 11.6 Å². The maximum absolute atomic E-state index is 10.3. The second kappa shape index (κ2) is 1.94. The molecular formula is C5H8ClNO. The Bertz CT molecular complexity index is 109. The van der Waals surface area contributed by atoms with Gasteiger partial charge in [0.2, 0.25) is 5.91 Å². The Labute approximate surface area is 53.0 Å². The summed E-state index contributed by atoms with van der Waals surface area (Å²) in [6.45, 7) is 0. The lowest BCUT2D eigenvalue weighted by atomic mass is 9.84. The minimum Gasteiger partial charge on any atom is -0.369 e. The first-order valence-electron chi connectivity index (χ1n) is 2.63. The van der Waals surface area contributed by atoms with Crippen LogP contribution in [-0.4, -0.2) is 11.3 Å². The van der Waals surface area contributed by atoms with Crippen LogP contribution in [0.1, 0.15) is 12.8 Å². The molecule has 8 heavy (non-hydrogen) atoms. The zero-order valence-electron chi connectivity index (χ0n) is 4.43. The molecule has 46 valence electrons. The van der Waals surface area contributed by atoms with Crippen molar-refractivity contribution in [1.82, 2.24) is 0 Å². The predicted octanol–water partition coefficient (Wildman–Crippen LogP) is 0.489. The number of alkyl halides is 1. The monoisotopic (exact) mass is 133 g/mol. The van der Waals surface area contributed by atoms with Crippen LogP contribution in [0.15, 0.2) is 0 Å². The molecule has 1 rings (SSSR count). The summed E-state index contributed by atoms with van der Waals surface area (Å²) in [6.07, 6.45) is 1.55. The first-order valence-corrected chi connectivity index (χ1v) is 3.07. The van der Waals surface area contributed by atoms with Crippen LogP contribution in [0, 0.1) is 5.92 Å². The van der Waals surface area contributed by atoms with Gasteiger partial charge in [0.05, 0.1) is 0 Å². The molecule has 0 aromatic heterocycles. The smallest absolute Gasteiger partial charge is 0.220 e. The van der Waals surface area contributed by atoms with Gasteiger partial charge in [0.25, 0.3) is 0 Å². The second-order valence-corrected chi connectivity index (χ2v) is 2.79. The number of carbonyl (C=O) groups excluding carboxylic acids is 1. The third-order valence-electron chi connectivity index (χ3n) is 1.48. The van der Waals surface area contributed by atoms with Gasteiger partial charge >= 0.3 is 0 Å². The molecule has 2 nitrogen and oxygen atoms in total. The number of amides is 1. The zero-order chi connectivity index (χ0) is 6.15. The fraction of sp³-hybridized carbons (Fsp3) is 0.800. The molecule has 1 fully saturated rings. The van der Waals surface area contributed by atoms with E-state index in [1.54, 1.807) is 0 Å². The Kier molecular flexibility index (Phi) is 1.43. The van der Waals surface area contributed by atoms with Gasteiger partial charge in [-0.2, -0.15) is 0 Å². The van der Waals surface area contributed by atoms with Crippen LogP contribution >= 0.6 is 11.6 Å². The number of primary amides is 1. The van der Waals surface area contributed by atoms with Crippen LogP contribution in [-0.2, 0) is 4.79 Å². The van der Waals surface area contributed by atoms with E-state index in [0.29, 0.717) is 0 Å². The second-order valence-electron chi connectivity index (χ2n) is 2.17. The third kappa shape index (κ3) is 0.944. The Hall–Kier alpha value is -0.240. The lowest BCUT2D eigenvalue weighted by Gasteiger charge is -2.27. The first kappa shape index (κ1) is 5.89. The fourth-order valence-corrected chi connectivity index (χ4v) is 1.21. The highest BCUT2D eigenvalue weighted by atomic mass is 35.5. The van der Waals surface area contributed by atoms with Gasteiger partial charge in [-0.3, -0.25) is 4.79 Å². The van der Waals surface area contributed by atoms with Crippen molar-refractivity contribution in [2.75, 3.05) is 0 Å². The lowest BCUT2D eigenvalue weighted by Crippen LogP contribution is -2.35. The van der Waals surface area contributed by atoms with E-state index in [4.69, 9.17) is 17.3 Å². The minimum absolute atomic E-state index is 0.0671. The van der Waals surface area contributed by atoms with Crippen LogP contribution in [0.2, 0.25) is 0 Å². The fourth-order valence-electron chi connectivity index (χ4n) is 0.781. The first-order chi connectivity index (χ1) is 3.70. The average Bonchev–Trinajstić information content (AvgIpc) is 1.57. The number of hydrogen-bond donors (Lipinski definition) is 1. The predicted molar refractivity (Wildman–Crippen MR) is 31.6 cm³/mol. The highest BCUT2D eigenvalue weighted by molar-refractivity contribution is 6.21. The van der Waals surface area contributed by atoms with E-state index in [-0.39, 0.29) is 17.2 Å². The molecule has 0 aromatic carbocycles. The van der Waals surface area contributed by atoms with Crippen LogP contribution in [0.5, 0.6) is 0 Å². The molecule has 0 saturated heterocycles. The highest BCUT2D eigenvalue weighted by Crippen LogP contribution is 2.31. The van der Waals surface area contributed by atoms with Gasteiger partial charge in [0.15, 0.2) is 0 Å². The van der Waals surface area contributed by atoms with Gasteiger partial charge in [0.1, 0.15) is 0 Å². The summed E-state index contributed by atoms with van der Waals surface area (Å²) in [5.41, 5.74) is 4.96. The molecule has 1 saturated carbocycles. The lowest BCUT2D eigenvalue weighted by molar-refractivity contribution is -0.123. The van der Waals surface area contributed by atoms with E-state index in [2.05, 4.69) is 0 Å². The zero-order valence-corrected chi connectivity index (χ0v) is 5.19. The summed E-state index contributed by atoms with van der Waals surface area (Å²) in [4.78, 5) is 10.3. The largest absolute Gasteiger partial charge is 0.369 e. The Morgan fingerprint density at radius 2 is 2.12 bits per heavy atom. The van der Waals surface area contributed by atoms with Crippen molar-refractivity contribution in [3.8, 4) is 0 Å². The quantitative estimate of drug-likeness (QED) is 0.520. The third-order valence-corrected chi connectivity index (χ3v) is 1.84. The number of nitrogens with two attached hydrogens (primary N) is 1. The van der Waals surface area contributed by atoms with E-state index in [1.807, 2.05) is 0 Å². The van der Waals surface area contributed by atoms with E-state index in [0.717, 1.165) is 12.8 Å². The van der Waals surface area contributed by atoms with Gasteiger partial charge in [-0.1, -0.05) is 0 Å². The maximum atomic E-state index is 10.3. The van der Waals surface area contributed by atoms with Gasteiger partial charge < -0.3 is 5.73 Å². The summed E-state index contributed by atoms with van der Waals surface area (Å²) < 4.78 is 0. The number of hydrogen-bond acceptors (Lipinski definition) is 1. The molecule has 2 N–H and O–H groups in total. The standard InChI is InChI=1S/C5H8ClNO/c6-4-1-3(2-4)5(7)8/h3-4H,1-2H2,(H2,7,8). The van der Waals surface area contributed by atoms with E-state index >= 15 is 0 Å². The molecule has 0 aromatic rings. The van der Waals surface area contributed by atoms with Crippen molar-refractivity contribution in [2.24, 2.45) is 11.7 Å². The molecule has 0 aliphatic heterocycles. The molecule has 0 unspecified atom stereocenters. The molecule has 1 aliphatic rings. The molecule has 0 radical (unpaired) electrons. The van der Waals surface area contributed by atoms with Crippen molar-refractivity contribution in [2.45, 2.75) is 18.2 Å². The summed E-state index contributed by atoms with van der Waals surface area (Å²) in [5.74, 6) is -0.139. The molecule has 0 spiro atoms. The molecule has 1 amide bonds. The molecule has 1 aliphatic carbocycles. The minimum atomic E-state index is -0.207. The normalized spacial score (nSPS) is 36.1. The van der Waals surface area contributed by atoms with E-state index in [1.165, 1.54) is 0 Å². The maximum Gasteiger partial charge on any atom is 0.220 e. The highest BCUT2D eigenvalue weighted by Gasteiger charge is 2.31. The SMILES string of the molecule is NC(=O)C1CC(Cl)C1. The van der Waals surface area contributed by atoms with E-state index < -0.39 is 0 Å². The van der Waals surface area contributed by atoms with Crippen LogP contribution in [0.3, 0.4) is 0 Å². The van der Waals surface area contributed by atoms with Crippen molar-refractivity contribution in [3.63, 3.8) is 0 Å². The molecule has 0 bridgehead atoms. The van der Waals surface area contributed by atoms with Gasteiger partial charge in [-0.05, 0) is 12.8 Å². The number of halogens is 1. The summed E-state index contributed by atoms with van der Waals surface area (Å²) in [6, 6.07) is 0. The summed E-state index contributed by atoms with van der Waals surface area (Å²) in [7, 11) is 0. The van der Waals surface area contributed by atoms with Crippen LogP contribution in [0.25, 0.3) is 0 Å². The number of rotatable bonds is 1. The van der Waals surface area contributed by atoms with E-state index in [9.17, 15) is 4.79 Å². The van der Waals surface area contributed by atoms with Crippen molar-refractivity contribution >= 4 is 17.5 Å². The van der Waals surface area contributed by atoms with Crippen molar-refractivity contribution < 1.29 is 4.79 Å². The molecule has 3 heteroatoms. The summed E-state index contributed by atoms with van der Waals surface area (Å²) in [5, 5.41) is 0.201. The molecule has 0 atom stereocenters. The van der Waals surface area contributed by atoms with Gasteiger partial charge in [-0.25, -0.2) is 0 Å². The molecular weight excluding hydrogens is 126 g/mol. The Morgan fingerprint density at radius 3 is 2.25 bits per heavy atom. The van der Waals surface area contributed by atoms with Crippen molar-refractivity contribution in [1.29, 1.82) is 0 Å². The Morgan fingerprint density at radius 1 is 1.62 bits per heavy atom. The van der Waals surface area contributed by atoms with Crippen LogP contribution in [0.4, 0.5) is 0 Å². The topological polar surface area (TPSA) is 43.1 Å². The summed E-state index contributed by atoms with van der Waals surface area (Å²) >= 11 is 5.58. The Balaban J connectivity index is 2.25. The van der Waals surface area contributed by atoms with Crippen molar-refractivity contribution in [3.05, 3.63) is 0 Å². The molecule has 0 heterocycles.